The van der Waals surface area contributed by atoms with Crippen LogP contribution in [0.5, 0.6) is 0 Å². The molecule has 4 atom stereocenters. The lowest BCUT2D eigenvalue weighted by Gasteiger charge is -2.59. The summed E-state index contributed by atoms with van der Waals surface area (Å²) in [5, 5.41) is 10.5. The Labute approximate surface area is 105 Å². The first-order chi connectivity index (χ1) is 7.74. The summed E-state index contributed by atoms with van der Waals surface area (Å²) in [7, 11) is 0. The van der Waals surface area contributed by atoms with Crippen LogP contribution in [-0.2, 0) is 4.79 Å². The second-order valence-electron chi connectivity index (χ2n) is 7.41. The minimum Gasteiger partial charge on any atom is -0.389 e. The molecule has 0 saturated heterocycles. The summed E-state index contributed by atoms with van der Waals surface area (Å²) in [6.45, 7) is 8.73. The molecule has 17 heavy (non-hydrogen) atoms. The summed E-state index contributed by atoms with van der Waals surface area (Å²) in [6, 6.07) is 0. The third-order valence-corrected chi connectivity index (χ3v) is 5.73. The number of carbonyl (C=O) groups excluding carboxylic acids is 1. The van der Waals surface area contributed by atoms with Crippen LogP contribution in [0.1, 0.15) is 59.8 Å². The van der Waals surface area contributed by atoms with E-state index >= 15 is 0 Å². The largest absolute Gasteiger partial charge is 0.389 e. The van der Waals surface area contributed by atoms with Crippen molar-refractivity contribution >= 4 is 6.29 Å². The highest BCUT2D eigenvalue weighted by atomic mass is 16.3. The maximum atomic E-state index is 11.5. The molecule has 0 aromatic heterocycles. The van der Waals surface area contributed by atoms with Crippen LogP contribution in [0.15, 0.2) is 0 Å². The normalized spacial score (nSPS) is 49.5. The van der Waals surface area contributed by atoms with Gasteiger partial charge in [-0.1, -0.05) is 27.2 Å². The average molecular weight is 238 g/mol. The number of aldehydes is 1. The summed E-state index contributed by atoms with van der Waals surface area (Å²) in [5.41, 5.74) is -0.504. The van der Waals surface area contributed by atoms with E-state index in [-0.39, 0.29) is 11.3 Å². The van der Waals surface area contributed by atoms with Crippen molar-refractivity contribution in [2.75, 3.05) is 0 Å². The molecule has 2 fully saturated rings. The first-order valence-electron chi connectivity index (χ1n) is 6.92. The predicted molar refractivity (Wildman–Crippen MR) is 68.6 cm³/mol. The van der Waals surface area contributed by atoms with E-state index in [9.17, 15) is 9.90 Å². The third-order valence-electron chi connectivity index (χ3n) is 5.73. The van der Waals surface area contributed by atoms with Crippen molar-refractivity contribution in [3.8, 4) is 0 Å². The molecule has 2 heteroatoms. The van der Waals surface area contributed by atoms with Gasteiger partial charge < -0.3 is 9.90 Å². The molecule has 0 heterocycles. The molecule has 0 radical (unpaired) electrons. The van der Waals surface area contributed by atoms with E-state index in [1.54, 1.807) is 0 Å². The Kier molecular flexibility index (Phi) is 2.93. The Balaban J connectivity index is 2.40. The molecule has 2 nitrogen and oxygen atoms in total. The standard InChI is InChI=1S/C15H26O2/c1-13(2)7-5-8-14(3)11(13)6-9-15(4,17)12(14)10-16/h10-12,17H,5-9H2,1-4H3/t11-,12+,14-,15+/m0/s1. The number of hydrogen-bond acceptors (Lipinski definition) is 2. The lowest BCUT2D eigenvalue weighted by atomic mass is 9.46. The number of aliphatic hydroxyl groups is 1. The molecule has 0 aromatic rings. The van der Waals surface area contributed by atoms with Crippen molar-refractivity contribution in [3.63, 3.8) is 0 Å². The Morgan fingerprint density at radius 1 is 1.12 bits per heavy atom. The second-order valence-corrected chi connectivity index (χ2v) is 7.41. The predicted octanol–water partition coefficient (Wildman–Crippen LogP) is 3.18. The van der Waals surface area contributed by atoms with Gasteiger partial charge in [0.2, 0.25) is 0 Å². The van der Waals surface area contributed by atoms with Crippen LogP contribution < -0.4 is 0 Å². The lowest BCUT2D eigenvalue weighted by Crippen LogP contribution is -2.58. The fourth-order valence-electron chi connectivity index (χ4n) is 4.86. The minimum atomic E-state index is -0.805. The van der Waals surface area contributed by atoms with Gasteiger partial charge in [-0.15, -0.1) is 0 Å². The Hall–Kier alpha value is -0.370. The quantitative estimate of drug-likeness (QED) is 0.712. The van der Waals surface area contributed by atoms with E-state index in [0.29, 0.717) is 11.3 Å². The summed E-state index contributed by atoms with van der Waals surface area (Å²) in [6.07, 6.45) is 6.36. The first kappa shape index (κ1) is 13.1. The van der Waals surface area contributed by atoms with Crippen molar-refractivity contribution in [2.24, 2.45) is 22.7 Å². The number of carbonyl (C=O) groups is 1. The molecular formula is C15H26O2. The molecule has 2 rings (SSSR count). The maximum Gasteiger partial charge on any atom is 0.126 e. The van der Waals surface area contributed by atoms with Crippen LogP contribution in [-0.4, -0.2) is 17.0 Å². The molecule has 0 bridgehead atoms. The number of rotatable bonds is 1. The molecule has 0 aromatic carbocycles. The molecule has 2 saturated carbocycles. The van der Waals surface area contributed by atoms with E-state index < -0.39 is 5.60 Å². The Bertz CT molecular complexity index is 319. The van der Waals surface area contributed by atoms with Crippen molar-refractivity contribution in [1.29, 1.82) is 0 Å². The van der Waals surface area contributed by atoms with E-state index in [4.69, 9.17) is 0 Å². The molecule has 0 unspecified atom stereocenters. The average Bonchev–Trinajstić information content (AvgIpc) is 2.14. The van der Waals surface area contributed by atoms with E-state index in [0.717, 1.165) is 25.5 Å². The fourth-order valence-corrected chi connectivity index (χ4v) is 4.86. The minimum absolute atomic E-state index is 0.00868. The number of hydrogen-bond donors (Lipinski definition) is 1. The van der Waals surface area contributed by atoms with Gasteiger partial charge in [-0.25, -0.2) is 0 Å². The first-order valence-corrected chi connectivity index (χ1v) is 6.92. The zero-order chi connectivity index (χ0) is 12.9. The van der Waals surface area contributed by atoms with Gasteiger partial charge in [-0.3, -0.25) is 0 Å². The monoisotopic (exact) mass is 238 g/mol. The summed E-state index contributed by atoms with van der Waals surface area (Å²) >= 11 is 0. The zero-order valence-corrected chi connectivity index (χ0v) is 11.6. The topological polar surface area (TPSA) is 37.3 Å². The van der Waals surface area contributed by atoms with Gasteiger partial charge >= 0.3 is 0 Å². The second kappa shape index (κ2) is 3.81. The molecule has 0 amide bonds. The van der Waals surface area contributed by atoms with Gasteiger partial charge in [0.25, 0.3) is 0 Å². The van der Waals surface area contributed by atoms with Crippen LogP contribution in [0.25, 0.3) is 0 Å². The van der Waals surface area contributed by atoms with Crippen LogP contribution >= 0.6 is 0 Å². The molecule has 1 N–H and O–H groups in total. The van der Waals surface area contributed by atoms with Gasteiger partial charge in [-0.2, -0.15) is 0 Å². The SMILES string of the molecule is CC1(C)CCC[C@]2(C)[C@@H](C=O)[C@](C)(O)CC[C@@H]12. The van der Waals surface area contributed by atoms with Crippen LogP contribution in [0, 0.1) is 22.7 Å². The van der Waals surface area contributed by atoms with Crippen molar-refractivity contribution in [1.82, 2.24) is 0 Å². The van der Waals surface area contributed by atoms with Gasteiger partial charge in [0, 0.05) is 5.92 Å². The zero-order valence-electron chi connectivity index (χ0n) is 11.6. The van der Waals surface area contributed by atoms with E-state index in [1.807, 2.05) is 6.92 Å². The third kappa shape index (κ3) is 1.85. The van der Waals surface area contributed by atoms with Crippen molar-refractivity contribution in [3.05, 3.63) is 0 Å². The molecule has 0 spiro atoms. The van der Waals surface area contributed by atoms with Gasteiger partial charge in [0.05, 0.1) is 5.60 Å². The number of fused-ring (bicyclic) bond motifs is 1. The maximum absolute atomic E-state index is 11.5. The van der Waals surface area contributed by atoms with E-state index in [1.165, 1.54) is 12.8 Å². The highest BCUT2D eigenvalue weighted by Crippen LogP contribution is 2.61. The van der Waals surface area contributed by atoms with Crippen LogP contribution in [0.4, 0.5) is 0 Å². The lowest BCUT2D eigenvalue weighted by molar-refractivity contribution is -0.169. The summed E-state index contributed by atoms with van der Waals surface area (Å²) in [5.74, 6) is 0.368. The van der Waals surface area contributed by atoms with Crippen LogP contribution in [0.3, 0.4) is 0 Å². The van der Waals surface area contributed by atoms with Gasteiger partial charge in [0.1, 0.15) is 6.29 Å². The van der Waals surface area contributed by atoms with Crippen molar-refractivity contribution in [2.45, 2.75) is 65.4 Å². The summed E-state index contributed by atoms with van der Waals surface area (Å²) in [4.78, 5) is 11.5. The highest BCUT2D eigenvalue weighted by Gasteiger charge is 2.57. The Morgan fingerprint density at radius 2 is 1.76 bits per heavy atom. The van der Waals surface area contributed by atoms with E-state index in [2.05, 4.69) is 20.8 Å². The van der Waals surface area contributed by atoms with Gasteiger partial charge in [0.15, 0.2) is 0 Å². The molecule has 0 aliphatic heterocycles. The van der Waals surface area contributed by atoms with Gasteiger partial charge in [-0.05, 0) is 49.4 Å². The van der Waals surface area contributed by atoms with Crippen molar-refractivity contribution < 1.29 is 9.90 Å². The Morgan fingerprint density at radius 3 is 2.35 bits per heavy atom. The highest BCUT2D eigenvalue weighted by molar-refractivity contribution is 5.58. The molecule has 98 valence electrons. The molecule has 2 aliphatic rings. The molecular weight excluding hydrogens is 212 g/mol. The van der Waals surface area contributed by atoms with Crippen LogP contribution in [0.2, 0.25) is 0 Å². The fraction of sp³-hybridized carbons (Fsp3) is 0.933. The smallest absolute Gasteiger partial charge is 0.126 e. The summed E-state index contributed by atoms with van der Waals surface area (Å²) < 4.78 is 0. The molecule has 2 aliphatic carbocycles.